The molecule has 1 aromatic carbocycles. The summed E-state index contributed by atoms with van der Waals surface area (Å²) >= 11 is 1.42. The average molecular weight is 523 g/mol. The van der Waals surface area contributed by atoms with Crippen LogP contribution >= 0.6 is 11.8 Å². The number of rotatable bonds is 9. The van der Waals surface area contributed by atoms with Gasteiger partial charge in [0, 0.05) is 30.7 Å². The first-order chi connectivity index (χ1) is 17.8. The molecule has 0 aliphatic carbocycles. The highest BCUT2D eigenvalue weighted by atomic mass is 32.2. The molecule has 0 saturated carbocycles. The molecule has 0 saturated heterocycles. The van der Waals surface area contributed by atoms with Crippen LogP contribution in [0.1, 0.15) is 44.4 Å². The zero-order valence-electron chi connectivity index (χ0n) is 21.5. The van der Waals surface area contributed by atoms with E-state index in [0.29, 0.717) is 34.5 Å². The number of allylic oxidation sites excluding steroid dienone is 1. The second-order valence-electron chi connectivity index (χ2n) is 8.80. The van der Waals surface area contributed by atoms with Crippen LogP contribution in [-0.2, 0) is 20.9 Å². The van der Waals surface area contributed by atoms with Gasteiger partial charge in [-0.2, -0.15) is 0 Å². The fraction of sp³-hybridized carbons (Fsp3) is 0.333. The number of hydrogen-bond acceptors (Lipinski definition) is 9. The van der Waals surface area contributed by atoms with Crippen LogP contribution < -0.4 is 14.8 Å². The Labute approximate surface area is 220 Å². The number of carbonyl (C=O) groups is 2. The van der Waals surface area contributed by atoms with Crippen molar-refractivity contribution in [3.63, 3.8) is 0 Å². The minimum Gasteiger partial charge on any atom is -0.497 e. The first-order valence-electron chi connectivity index (χ1n) is 11.8. The van der Waals surface area contributed by atoms with Gasteiger partial charge in [0.2, 0.25) is 5.91 Å². The minimum atomic E-state index is -0.586. The van der Waals surface area contributed by atoms with Gasteiger partial charge in [0.15, 0.2) is 5.17 Å². The molecule has 1 N–H and O–H groups in total. The number of thioether (sulfide) groups is 1. The molecule has 37 heavy (non-hydrogen) atoms. The zero-order chi connectivity index (χ0) is 26.5. The summed E-state index contributed by atoms with van der Waals surface area (Å²) < 4.78 is 16.6. The Morgan fingerprint density at radius 3 is 2.41 bits per heavy atom. The average Bonchev–Trinajstić information content (AvgIpc) is 3.27. The lowest BCUT2D eigenvalue weighted by Gasteiger charge is -2.36. The zero-order valence-corrected chi connectivity index (χ0v) is 22.3. The molecule has 2 aliphatic rings. The number of fused-ring (bicyclic) bond motifs is 1. The van der Waals surface area contributed by atoms with Gasteiger partial charge in [-0.05, 0) is 61.6 Å². The molecule has 0 spiro atoms. The Balaban J connectivity index is 1.68. The first-order valence-corrected chi connectivity index (χ1v) is 12.7. The largest absolute Gasteiger partial charge is 0.497 e. The van der Waals surface area contributed by atoms with Crippen LogP contribution in [0.3, 0.4) is 0 Å². The van der Waals surface area contributed by atoms with E-state index in [9.17, 15) is 9.59 Å². The number of esters is 1. The number of nitrogens with zero attached hydrogens (tertiary/aromatic N) is 3. The predicted octanol–water partition coefficient (Wildman–Crippen LogP) is 4.33. The number of methoxy groups -OCH3 is 2. The molecule has 9 nitrogen and oxygen atoms in total. The fourth-order valence-electron chi connectivity index (χ4n) is 4.14. The summed E-state index contributed by atoms with van der Waals surface area (Å²) in [5.41, 5.74) is 3.40. The van der Waals surface area contributed by atoms with Crippen LogP contribution in [0.5, 0.6) is 11.5 Å². The predicted molar refractivity (Wildman–Crippen MR) is 142 cm³/mol. The second-order valence-corrected chi connectivity index (χ2v) is 9.64. The SMILES string of the molecule is COc1cc(OC)cc(C2C(C(=O)OC(C)C)=C(C)N=C3SC=C(CC(=O)NCc4ccncc4)N32)c1. The molecular formula is C27H30N4O5S. The molecule has 1 amide bonds. The van der Waals surface area contributed by atoms with Crippen molar-refractivity contribution >= 4 is 28.8 Å². The fourth-order valence-corrected chi connectivity index (χ4v) is 5.10. The topological polar surface area (TPSA) is 102 Å². The molecule has 1 atom stereocenters. The van der Waals surface area contributed by atoms with Gasteiger partial charge in [0.05, 0.1) is 44.1 Å². The molecule has 194 valence electrons. The van der Waals surface area contributed by atoms with Crippen molar-refractivity contribution in [2.24, 2.45) is 4.99 Å². The van der Waals surface area contributed by atoms with Gasteiger partial charge in [0.25, 0.3) is 0 Å². The van der Waals surface area contributed by atoms with Crippen LogP contribution in [0.4, 0.5) is 0 Å². The third kappa shape index (κ3) is 5.96. The van der Waals surface area contributed by atoms with Gasteiger partial charge in [0.1, 0.15) is 11.5 Å². The third-order valence-electron chi connectivity index (χ3n) is 5.83. The molecule has 1 unspecified atom stereocenters. The van der Waals surface area contributed by atoms with Gasteiger partial charge in [-0.3, -0.25) is 9.78 Å². The van der Waals surface area contributed by atoms with Crippen molar-refractivity contribution in [2.45, 2.75) is 45.9 Å². The summed E-state index contributed by atoms with van der Waals surface area (Å²) in [6.45, 7) is 5.80. The smallest absolute Gasteiger partial charge is 0.338 e. The van der Waals surface area contributed by atoms with E-state index in [1.165, 1.54) is 11.8 Å². The van der Waals surface area contributed by atoms with Gasteiger partial charge < -0.3 is 24.4 Å². The van der Waals surface area contributed by atoms with E-state index in [1.807, 2.05) is 34.6 Å². The lowest BCUT2D eigenvalue weighted by atomic mass is 9.93. The number of benzene rings is 1. The number of nitrogens with one attached hydrogen (secondary N) is 1. The van der Waals surface area contributed by atoms with E-state index in [1.54, 1.807) is 53.5 Å². The summed E-state index contributed by atoms with van der Waals surface area (Å²) in [7, 11) is 3.15. The number of pyridine rings is 1. The Morgan fingerprint density at radius 2 is 1.78 bits per heavy atom. The quantitative estimate of drug-likeness (QED) is 0.486. The van der Waals surface area contributed by atoms with Crippen LogP contribution in [0, 0.1) is 0 Å². The molecule has 0 bridgehead atoms. The van der Waals surface area contributed by atoms with Crippen molar-refractivity contribution in [3.05, 3.63) is 76.2 Å². The summed E-state index contributed by atoms with van der Waals surface area (Å²) in [6, 6.07) is 8.61. The molecule has 0 fully saturated rings. The number of carbonyl (C=O) groups excluding carboxylic acids is 2. The summed E-state index contributed by atoms with van der Waals surface area (Å²) in [4.78, 5) is 36.9. The maximum atomic E-state index is 13.3. The van der Waals surface area contributed by atoms with E-state index < -0.39 is 12.0 Å². The Morgan fingerprint density at radius 1 is 1.11 bits per heavy atom. The lowest BCUT2D eigenvalue weighted by Crippen LogP contribution is -2.38. The van der Waals surface area contributed by atoms with E-state index in [2.05, 4.69) is 10.3 Å². The maximum absolute atomic E-state index is 13.3. The molecule has 1 aromatic heterocycles. The number of hydrogen-bond donors (Lipinski definition) is 1. The highest BCUT2D eigenvalue weighted by Gasteiger charge is 2.41. The standard InChI is InChI=1S/C27H30N4O5S/c1-16(2)36-26(33)24-17(3)30-27-31(25(24)19-10-21(34-4)13-22(11-19)35-5)20(15-37-27)12-23(32)29-14-18-6-8-28-9-7-18/h6-11,13,15-16,25H,12,14H2,1-5H3,(H,29,32). The molecule has 2 aliphatic heterocycles. The summed E-state index contributed by atoms with van der Waals surface area (Å²) in [5.74, 6) is 0.560. The van der Waals surface area contributed by atoms with Crippen molar-refractivity contribution in [2.75, 3.05) is 14.2 Å². The van der Waals surface area contributed by atoms with Crippen LogP contribution in [-0.4, -0.2) is 47.3 Å². The van der Waals surface area contributed by atoms with Crippen molar-refractivity contribution in [1.82, 2.24) is 15.2 Å². The van der Waals surface area contributed by atoms with Crippen molar-refractivity contribution in [1.29, 1.82) is 0 Å². The normalized spacial score (nSPS) is 16.7. The van der Waals surface area contributed by atoms with E-state index >= 15 is 0 Å². The van der Waals surface area contributed by atoms with E-state index in [-0.39, 0.29) is 18.4 Å². The number of aromatic nitrogens is 1. The van der Waals surface area contributed by atoms with Gasteiger partial charge in [-0.15, -0.1) is 0 Å². The number of ether oxygens (including phenoxy) is 3. The Kier molecular flexibility index (Phi) is 8.17. The van der Waals surface area contributed by atoms with Crippen LogP contribution in [0.2, 0.25) is 0 Å². The first kappa shape index (κ1) is 26.3. The van der Waals surface area contributed by atoms with E-state index in [4.69, 9.17) is 19.2 Å². The van der Waals surface area contributed by atoms with E-state index in [0.717, 1.165) is 16.8 Å². The minimum absolute atomic E-state index is 0.111. The Hall–Kier alpha value is -3.79. The van der Waals surface area contributed by atoms with Crippen molar-refractivity contribution < 1.29 is 23.8 Å². The van der Waals surface area contributed by atoms with Crippen LogP contribution in [0.15, 0.2) is 70.1 Å². The lowest BCUT2D eigenvalue weighted by molar-refractivity contribution is -0.143. The molecule has 0 radical (unpaired) electrons. The van der Waals surface area contributed by atoms with Gasteiger partial charge in [-0.1, -0.05) is 11.8 Å². The second kappa shape index (κ2) is 11.5. The van der Waals surface area contributed by atoms with Crippen LogP contribution in [0.25, 0.3) is 0 Å². The molecular weight excluding hydrogens is 492 g/mol. The molecule has 10 heteroatoms. The molecule has 2 aromatic rings. The number of amides is 1. The maximum Gasteiger partial charge on any atom is 0.338 e. The monoisotopic (exact) mass is 522 g/mol. The third-order valence-corrected chi connectivity index (χ3v) is 6.72. The molecule has 3 heterocycles. The number of amidine groups is 1. The summed E-state index contributed by atoms with van der Waals surface area (Å²) in [6.07, 6.45) is 3.18. The summed E-state index contributed by atoms with van der Waals surface area (Å²) in [5, 5.41) is 5.54. The van der Waals surface area contributed by atoms with Gasteiger partial charge >= 0.3 is 5.97 Å². The number of aliphatic imine (C=N–C) groups is 1. The van der Waals surface area contributed by atoms with Crippen molar-refractivity contribution in [3.8, 4) is 11.5 Å². The molecule has 4 rings (SSSR count). The highest BCUT2D eigenvalue weighted by molar-refractivity contribution is 8.16. The highest BCUT2D eigenvalue weighted by Crippen LogP contribution is 2.46. The van der Waals surface area contributed by atoms with Gasteiger partial charge in [-0.25, -0.2) is 9.79 Å². The Bertz CT molecular complexity index is 1250.